The van der Waals surface area contributed by atoms with Gasteiger partial charge in [-0.15, -0.1) is 0 Å². The van der Waals surface area contributed by atoms with Crippen molar-refractivity contribution in [2.24, 2.45) is 0 Å². The molecule has 2 aliphatic heterocycles. The summed E-state index contributed by atoms with van der Waals surface area (Å²) >= 11 is 10.8. The zero-order valence-corrected chi connectivity index (χ0v) is 13.1. The molecule has 2 N–H and O–H groups in total. The molecule has 1 aromatic carbocycles. The SMILES string of the molecule is O=C(c1ccc(Cl)cc1)N1NC(=S)NC2CS(=O)(=O)CC21. The molecule has 0 aliphatic carbocycles. The van der Waals surface area contributed by atoms with Crippen LogP contribution in [0.4, 0.5) is 0 Å². The van der Waals surface area contributed by atoms with Crippen LogP contribution in [-0.2, 0) is 9.84 Å². The van der Waals surface area contributed by atoms with E-state index >= 15 is 0 Å². The van der Waals surface area contributed by atoms with E-state index in [0.717, 1.165) is 0 Å². The molecule has 2 unspecified atom stereocenters. The molecule has 2 aliphatic rings. The molecular formula is C12H12ClN3O3S2. The summed E-state index contributed by atoms with van der Waals surface area (Å²) in [6, 6.07) is 5.55. The number of rotatable bonds is 1. The third kappa shape index (κ3) is 2.83. The van der Waals surface area contributed by atoms with Gasteiger partial charge in [0.25, 0.3) is 5.91 Å². The first-order chi connectivity index (χ1) is 9.85. The van der Waals surface area contributed by atoms with E-state index in [2.05, 4.69) is 10.7 Å². The van der Waals surface area contributed by atoms with Gasteiger partial charge in [-0.25, -0.2) is 13.4 Å². The van der Waals surface area contributed by atoms with Gasteiger partial charge in [0.05, 0.1) is 23.6 Å². The van der Waals surface area contributed by atoms with Crippen LogP contribution in [0.3, 0.4) is 0 Å². The van der Waals surface area contributed by atoms with Gasteiger partial charge in [-0.05, 0) is 36.5 Å². The van der Waals surface area contributed by atoms with Gasteiger partial charge >= 0.3 is 0 Å². The molecule has 0 aromatic heterocycles. The summed E-state index contributed by atoms with van der Waals surface area (Å²) in [6.07, 6.45) is 0. The minimum Gasteiger partial charge on any atom is -0.355 e. The smallest absolute Gasteiger partial charge is 0.272 e. The summed E-state index contributed by atoms with van der Waals surface area (Å²) in [7, 11) is -3.18. The average molecular weight is 346 g/mol. The third-order valence-electron chi connectivity index (χ3n) is 3.50. The molecule has 1 aromatic rings. The van der Waals surface area contributed by atoms with E-state index in [1.54, 1.807) is 24.3 Å². The van der Waals surface area contributed by atoms with E-state index in [1.807, 2.05) is 0 Å². The molecule has 1 amide bonds. The summed E-state index contributed by atoms with van der Waals surface area (Å²) in [4.78, 5) is 12.5. The molecule has 21 heavy (non-hydrogen) atoms. The summed E-state index contributed by atoms with van der Waals surface area (Å²) in [5, 5.41) is 4.98. The van der Waals surface area contributed by atoms with Gasteiger partial charge < -0.3 is 5.32 Å². The van der Waals surface area contributed by atoms with Gasteiger partial charge in [-0.1, -0.05) is 11.6 Å². The Morgan fingerprint density at radius 1 is 1.29 bits per heavy atom. The van der Waals surface area contributed by atoms with Crippen LogP contribution in [0.2, 0.25) is 5.02 Å². The van der Waals surface area contributed by atoms with Crippen molar-refractivity contribution in [1.82, 2.24) is 15.8 Å². The van der Waals surface area contributed by atoms with Crippen LogP contribution in [0.1, 0.15) is 10.4 Å². The second-order valence-corrected chi connectivity index (χ2v) is 8.02. The van der Waals surface area contributed by atoms with E-state index in [4.69, 9.17) is 23.8 Å². The van der Waals surface area contributed by atoms with Gasteiger partial charge in [0.15, 0.2) is 14.9 Å². The Kier molecular flexibility index (Phi) is 3.54. The number of halogens is 1. The van der Waals surface area contributed by atoms with Crippen LogP contribution in [0.15, 0.2) is 24.3 Å². The van der Waals surface area contributed by atoms with Crippen molar-refractivity contribution in [3.05, 3.63) is 34.9 Å². The van der Waals surface area contributed by atoms with E-state index < -0.39 is 15.9 Å². The van der Waals surface area contributed by atoms with Crippen LogP contribution < -0.4 is 10.7 Å². The molecule has 2 fully saturated rings. The molecule has 0 radical (unpaired) electrons. The second-order valence-electron chi connectivity index (χ2n) is 5.02. The number of thiocarbonyl (C=S) groups is 1. The van der Waals surface area contributed by atoms with E-state index in [0.29, 0.717) is 10.6 Å². The number of nitrogens with zero attached hydrogens (tertiary/aromatic N) is 1. The van der Waals surface area contributed by atoms with E-state index in [1.165, 1.54) is 5.01 Å². The lowest BCUT2D eigenvalue weighted by atomic mass is 10.1. The Balaban J connectivity index is 1.90. The maximum absolute atomic E-state index is 12.5. The fourth-order valence-corrected chi connectivity index (χ4v) is 4.81. The summed E-state index contributed by atoms with van der Waals surface area (Å²) in [5.74, 6) is -0.439. The number of fused-ring (bicyclic) bond motifs is 1. The van der Waals surface area contributed by atoms with Crippen molar-refractivity contribution in [2.45, 2.75) is 12.1 Å². The third-order valence-corrected chi connectivity index (χ3v) is 5.68. The first-order valence-electron chi connectivity index (χ1n) is 6.22. The standard InChI is InChI=1S/C12H12ClN3O3S2/c13-8-3-1-7(2-4-8)11(17)16-10-6-21(18,19)5-9(10)14-12(20)15-16/h1-4,9-10H,5-6H2,(H2,14,15,20). The Morgan fingerprint density at radius 3 is 2.62 bits per heavy atom. The number of hydrogen-bond acceptors (Lipinski definition) is 4. The van der Waals surface area contributed by atoms with Crippen LogP contribution in [0, 0.1) is 0 Å². The van der Waals surface area contributed by atoms with Gasteiger partial charge in [-0.3, -0.25) is 10.2 Å². The van der Waals surface area contributed by atoms with Crippen molar-refractivity contribution < 1.29 is 13.2 Å². The minimum atomic E-state index is -3.18. The maximum Gasteiger partial charge on any atom is 0.272 e. The van der Waals surface area contributed by atoms with Crippen LogP contribution >= 0.6 is 23.8 Å². The highest BCUT2D eigenvalue weighted by Crippen LogP contribution is 2.22. The number of carbonyl (C=O) groups is 1. The maximum atomic E-state index is 12.5. The van der Waals surface area contributed by atoms with Gasteiger partial charge in [0.2, 0.25) is 0 Å². The van der Waals surface area contributed by atoms with Crippen LogP contribution in [0.5, 0.6) is 0 Å². The molecule has 3 rings (SSSR count). The Hall–Kier alpha value is -1.38. The van der Waals surface area contributed by atoms with E-state index in [-0.39, 0.29) is 28.6 Å². The predicted octanol–water partition coefficient (Wildman–Crippen LogP) is 0.340. The van der Waals surface area contributed by atoms with Gasteiger partial charge in [0.1, 0.15) is 0 Å². The average Bonchev–Trinajstić information content (AvgIpc) is 2.71. The number of carbonyl (C=O) groups excluding carboxylic acids is 1. The molecule has 2 atom stereocenters. The zero-order chi connectivity index (χ0) is 15.2. The normalized spacial score (nSPS) is 26.7. The van der Waals surface area contributed by atoms with Crippen molar-refractivity contribution in [2.75, 3.05) is 11.5 Å². The number of hydrazine groups is 1. The number of benzene rings is 1. The highest BCUT2D eigenvalue weighted by atomic mass is 35.5. The highest BCUT2D eigenvalue weighted by Gasteiger charge is 2.46. The van der Waals surface area contributed by atoms with Crippen LogP contribution in [0.25, 0.3) is 0 Å². The number of sulfone groups is 1. The first-order valence-corrected chi connectivity index (χ1v) is 8.83. The lowest BCUT2D eigenvalue weighted by Gasteiger charge is -2.38. The Labute approximate surface area is 132 Å². The lowest BCUT2D eigenvalue weighted by Crippen LogP contribution is -2.67. The van der Waals surface area contributed by atoms with Crippen molar-refractivity contribution >= 4 is 44.7 Å². The molecule has 0 saturated carbocycles. The molecule has 2 heterocycles. The first kappa shape index (κ1) is 14.6. The minimum absolute atomic E-state index is 0.0239. The topological polar surface area (TPSA) is 78.5 Å². The van der Waals surface area contributed by atoms with Crippen molar-refractivity contribution in [3.63, 3.8) is 0 Å². The number of hydrogen-bond donors (Lipinski definition) is 2. The quantitative estimate of drug-likeness (QED) is 0.715. The monoisotopic (exact) mass is 345 g/mol. The highest BCUT2D eigenvalue weighted by molar-refractivity contribution is 7.91. The fourth-order valence-electron chi connectivity index (χ4n) is 2.55. The molecule has 2 saturated heterocycles. The van der Waals surface area contributed by atoms with Gasteiger partial charge in [0, 0.05) is 10.6 Å². The molecule has 0 bridgehead atoms. The summed E-state index contributed by atoms with van der Waals surface area (Å²) in [5.41, 5.74) is 3.16. The summed E-state index contributed by atoms with van der Waals surface area (Å²) in [6.45, 7) is 0. The molecule has 6 nitrogen and oxygen atoms in total. The Morgan fingerprint density at radius 2 is 1.95 bits per heavy atom. The van der Waals surface area contributed by atoms with Gasteiger partial charge in [-0.2, -0.15) is 0 Å². The van der Waals surface area contributed by atoms with Crippen molar-refractivity contribution in [1.29, 1.82) is 0 Å². The molecule has 9 heteroatoms. The Bertz CT molecular complexity index is 705. The van der Waals surface area contributed by atoms with E-state index in [9.17, 15) is 13.2 Å². The van der Waals surface area contributed by atoms with Crippen molar-refractivity contribution in [3.8, 4) is 0 Å². The molecule has 0 spiro atoms. The number of amides is 1. The zero-order valence-electron chi connectivity index (χ0n) is 10.7. The van der Waals surface area contributed by atoms with Crippen LogP contribution in [-0.4, -0.2) is 48.0 Å². The largest absolute Gasteiger partial charge is 0.355 e. The number of nitrogens with one attached hydrogen (secondary N) is 2. The molecular weight excluding hydrogens is 334 g/mol. The predicted molar refractivity (Wildman–Crippen MR) is 82.7 cm³/mol. The second kappa shape index (κ2) is 5.11. The molecule has 112 valence electrons. The fraction of sp³-hybridized carbons (Fsp3) is 0.333. The summed E-state index contributed by atoms with van der Waals surface area (Å²) < 4.78 is 23.6. The lowest BCUT2D eigenvalue weighted by molar-refractivity contribution is 0.0579.